The topological polar surface area (TPSA) is 35.2 Å². The number of nitrogens with two attached hydrogens (primary N) is 1. The van der Waals surface area contributed by atoms with E-state index in [-0.39, 0.29) is 5.82 Å². The number of halogens is 1. The Morgan fingerprint density at radius 2 is 1.89 bits per heavy atom. The Morgan fingerprint density at radius 1 is 1.11 bits per heavy atom. The standard InChI is InChI=1S/C15H16FNO/c1-10-3-4-11(2)12(7-10)9-18-15-8-13(16)5-6-14(15)17/h3-8H,9,17H2,1-2H3. The number of anilines is 1. The van der Waals surface area contributed by atoms with Gasteiger partial charge in [0.2, 0.25) is 0 Å². The third kappa shape index (κ3) is 2.80. The largest absolute Gasteiger partial charge is 0.487 e. The van der Waals surface area contributed by atoms with Crippen molar-refractivity contribution in [1.29, 1.82) is 0 Å². The van der Waals surface area contributed by atoms with Crippen LogP contribution in [0.5, 0.6) is 5.75 Å². The van der Waals surface area contributed by atoms with E-state index in [1.807, 2.05) is 19.9 Å². The van der Waals surface area contributed by atoms with Gasteiger partial charge in [0.15, 0.2) is 0 Å². The van der Waals surface area contributed by atoms with Gasteiger partial charge in [-0.3, -0.25) is 0 Å². The van der Waals surface area contributed by atoms with Crippen molar-refractivity contribution >= 4 is 5.69 Å². The minimum absolute atomic E-state index is 0.347. The lowest BCUT2D eigenvalue weighted by molar-refractivity contribution is 0.305. The molecule has 0 amide bonds. The van der Waals surface area contributed by atoms with Gasteiger partial charge in [0, 0.05) is 6.07 Å². The summed E-state index contributed by atoms with van der Waals surface area (Å²) in [6.45, 7) is 4.44. The SMILES string of the molecule is Cc1ccc(C)c(COc2cc(F)ccc2N)c1. The normalized spacial score (nSPS) is 10.4. The van der Waals surface area contributed by atoms with Crippen LogP contribution < -0.4 is 10.5 Å². The highest BCUT2D eigenvalue weighted by molar-refractivity contribution is 5.52. The van der Waals surface area contributed by atoms with E-state index in [1.54, 1.807) is 0 Å². The number of nitrogen functional groups attached to an aromatic ring is 1. The first-order valence-corrected chi connectivity index (χ1v) is 5.80. The van der Waals surface area contributed by atoms with Crippen molar-refractivity contribution in [3.05, 3.63) is 58.9 Å². The molecular weight excluding hydrogens is 229 g/mol. The molecule has 2 aromatic rings. The van der Waals surface area contributed by atoms with Crippen LogP contribution in [0.3, 0.4) is 0 Å². The van der Waals surface area contributed by atoms with Crippen LogP contribution in [-0.4, -0.2) is 0 Å². The summed E-state index contributed by atoms with van der Waals surface area (Å²) < 4.78 is 18.7. The van der Waals surface area contributed by atoms with Gasteiger partial charge in [-0.2, -0.15) is 0 Å². The van der Waals surface area contributed by atoms with Gasteiger partial charge in [0.25, 0.3) is 0 Å². The van der Waals surface area contributed by atoms with Gasteiger partial charge in [0.1, 0.15) is 18.2 Å². The number of benzene rings is 2. The number of hydrogen-bond acceptors (Lipinski definition) is 2. The van der Waals surface area contributed by atoms with Crippen molar-refractivity contribution in [2.45, 2.75) is 20.5 Å². The summed E-state index contributed by atoms with van der Waals surface area (Å²) in [7, 11) is 0. The average molecular weight is 245 g/mol. The fourth-order valence-electron chi connectivity index (χ4n) is 1.74. The molecule has 0 unspecified atom stereocenters. The van der Waals surface area contributed by atoms with E-state index in [1.165, 1.54) is 23.8 Å². The Balaban J connectivity index is 2.16. The molecule has 0 atom stereocenters. The molecule has 3 heteroatoms. The highest BCUT2D eigenvalue weighted by Gasteiger charge is 2.04. The zero-order valence-corrected chi connectivity index (χ0v) is 10.5. The third-order valence-electron chi connectivity index (χ3n) is 2.86. The molecule has 0 aliphatic heterocycles. The molecule has 0 saturated heterocycles. The number of rotatable bonds is 3. The summed E-state index contributed by atoms with van der Waals surface area (Å²) >= 11 is 0. The maximum Gasteiger partial charge on any atom is 0.145 e. The molecule has 0 spiro atoms. The maximum atomic E-state index is 13.1. The van der Waals surface area contributed by atoms with Crippen molar-refractivity contribution in [3.63, 3.8) is 0 Å². The zero-order valence-electron chi connectivity index (χ0n) is 10.5. The highest BCUT2D eigenvalue weighted by Crippen LogP contribution is 2.23. The summed E-state index contributed by atoms with van der Waals surface area (Å²) in [5, 5.41) is 0. The Kier molecular flexibility index (Phi) is 3.51. The van der Waals surface area contributed by atoms with E-state index in [0.717, 1.165) is 11.1 Å². The summed E-state index contributed by atoms with van der Waals surface area (Å²) in [5.74, 6) is 0.0380. The van der Waals surface area contributed by atoms with Crippen molar-refractivity contribution in [2.24, 2.45) is 0 Å². The van der Waals surface area contributed by atoms with E-state index in [4.69, 9.17) is 10.5 Å². The molecule has 0 radical (unpaired) electrons. The van der Waals surface area contributed by atoms with Crippen molar-refractivity contribution in [1.82, 2.24) is 0 Å². The minimum atomic E-state index is -0.347. The number of aryl methyl sites for hydroxylation is 2. The fraction of sp³-hybridized carbons (Fsp3) is 0.200. The van der Waals surface area contributed by atoms with Gasteiger partial charge < -0.3 is 10.5 Å². The zero-order chi connectivity index (χ0) is 13.1. The van der Waals surface area contributed by atoms with Crippen LogP contribution in [-0.2, 0) is 6.61 Å². The molecule has 0 saturated carbocycles. The lowest BCUT2D eigenvalue weighted by Gasteiger charge is -2.11. The van der Waals surface area contributed by atoms with Crippen molar-refractivity contribution in [3.8, 4) is 5.75 Å². The van der Waals surface area contributed by atoms with Gasteiger partial charge in [-0.25, -0.2) is 4.39 Å². The molecule has 2 N–H and O–H groups in total. The van der Waals surface area contributed by atoms with E-state index in [0.29, 0.717) is 18.0 Å². The number of hydrogen-bond donors (Lipinski definition) is 1. The second kappa shape index (κ2) is 5.08. The molecule has 2 nitrogen and oxygen atoms in total. The van der Waals surface area contributed by atoms with Crippen LogP contribution in [0.15, 0.2) is 36.4 Å². The lowest BCUT2D eigenvalue weighted by Crippen LogP contribution is -2.01. The molecule has 0 bridgehead atoms. The van der Waals surface area contributed by atoms with Gasteiger partial charge >= 0.3 is 0 Å². The minimum Gasteiger partial charge on any atom is -0.487 e. The van der Waals surface area contributed by atoms with Crippen LogP contribution in [0.2, 0.25) is 0 Å². The van der Waals surface area contributed by atoms with Gasteiger partial charge in [0.05, 0.1) is 5.69 Å². The van der Waals surface area contributed by atoms with Gasteiger partial charge in [-0.1, -0.05) is 23.8 Å². The van der Waals surface area contributed by atoms with Crippen LogP contribution >= 0.6 is 0 Å². The maximum absolute atomic E-state index is 13.1. The smallest absolute Gasteiger partial charge is 0.145 e. The van der Waals surface area contributed by atoms with Gasteiger partial charge in [-0.15, -0.1) is 0 Å². The Morgan fingerprint density at radius 3 is 2.67 bits per heavy atom. The summed E-state index contributed by atoms with van der Waals surface area (Å²) in [6.07, 6.45) is 0. The monoisotopic (exact) mass is 245 g/mol. The predicted molar refractivity (Wildman–Crippen MR) is 71.1 cm³/mol. The van der Waals surface area contributed by atoms with E-state index < -0.39 is 0 Å². The molecule has 2 aromatic carbocycles. The molecule has 0 heterocycles. The van der Waals surface area contributed by atoms with Crippen molar-refractivity contribution < 1.29 is 9.13 Å². The molecule has 0 aliphatic rings. The molecule has 18 heavy (non-hydrogen) atoms. The molecule has 0 aliphatic carbocycles. The van der Waals surface area contributed by atoms with Crippen LogP contribution in [0.1, 0.15) is 16.7 Å². The predicted octanol–water partition coefficient (Wildman–Crippen LogP) is 3.60. The van der Waals surface area contributed by atoms with E-state index in [9.17, 15) is 4.39 Å². The first kappa shape index (κ1) is 12.4. The molecule has 0 aromatic heterocycles. The quantitative estimate of drug-likeness (QED) is 0.838. The first-order chi connectivity index (χ1) is 8.56. The van der Waals surface area contributed by atoms with Crippen LogP contribution in [0.4, 0.5) is 10.1 Å². The average Bonchev–Trinajstić information content (AvgIpc) is 2.34. The Bertz CT molecular complexity index is 515. The van der Waals surface area contributed by atoms with Crippen LogP contribution in [0, 0.1) is 19.7 Å². The second-order valence-electron chi connectivity index (χ2n) is 4.40. The summed E-state index contributed by atoms with van der Waals surface area (Å²) in [5.41, 5.74) is 9.58. The Hall–Kier alpha value is -2.03. The second-order valence-corrected chi connectivity index (χ2v) is 4.40. The molecular formula is C15H16FNO. The van der Waals surface area contributed by atoms with E-state index in [2.05, 4.69) is 12.1 Å². The summed E-state index contributed by atoms with van der Waals surface area (Å²) in [4.78, 5) is 0. The highest BCUT2D eigenvalue weighted by atomic mass is 19.1. The Labute approximate surface area is 106 Å². The van der Waals surface area contributed by atoms with Gasteiger partial charge in [-0.05, 0) is 37.1 Å². The molecule has 0 fully saturated rings. The molecule has 2 rings (SSSR count). The fourth-order valence-corrected chi connectivity index (χ4v) is 1.74. The number of ether oxygens (including phenoxy) is 1. The molecule has 94 valence electrons. The van der Waals surface area contributed by atoms with Crippen LogP contribution in [0.25, 0.3) is 0 Å². The summed E-state index contributed by atoms with van der Waals surface area (Å²) in [6, 6.07) is 10.3. The van der Waals surface area contributed by atoms with E-state index >= 15 is 0 Å². The third-order valence-corrected chi connectivity index (χ3v) is 2.86. The lowest BCUT2D eigenvalue weighted by atomic mass is 10.1. The first-order valence-electron chi connectivity index (χ1n) is 5.80. The van der Waals surface area contributed by atoms with Crippen molar-refractivity contribution in [2.75, 3.05) is 5.73 Å².